The standard InChI is InChI=1S/C28H30N2O3/c1-17-3-7-24(19-4-5-19)25(13-17)20-6-8-23(22(14-20)16-31)21-11-12-30(15-21)28(33)26-9-10-27(32)18(2)29-26/h3,6-10,13-14,19,21,31-32H,4-5,11-12,15-16H2,1-2H3. The molecule has 2 fully saturated rings. The topological polar surface area (TPSA) is 73.7 Å². The molecule has 33 heavy (non-hydrogen) atoms. The molecule has 5 rings (SSSR count). The summed E-state index contributed by atoms with van der Waals surface area (Å²) in [5.74, 6) is 0.821. The number of carbonyl (C=O) groups is 1. The molecule has 1 unspecified atom stereocenters. The Morgan fingerprint density at radius 1 is 1.00 bits per heavy atom. The number of aromatic hydroxyl groups is 1. The predicted octanol–water partition coefficient (Wildman–Crippen LogP) is 5.07. The van der Waals surface area contributed by atoms with Crippen molar-refractivity contribution >= 4 is 5.91 Å². The maximum Gasteiger partial charge on any atom is 0.272 e. The predicted molar refractivity (Wildman–Crippen MR) is 128 cm³/mol. The van der Waals surface area contributed by atoms with E-state index in [0.717, 1.165) is 23.1 Å². The quantitative estimate of drug-likeness (QED) is 0.579. The van der Waals surface area contributed by atoms with E-state index in [1.54, 1.807) is 13.0 Å². The minimum Gasteiger partial charge on any atom is -0.506 e. The minimum absolute atomic E-state index is 0.0170. The van der Waals surface area contributed by atoms with E-state index < -0.39 is 0 Å². The maximum absolute atomic E-state index is 13.0. The summed E-state index contributed by atoms with van der Waals surface area (Å²) in [7, 11) is 0. The van der Waals surface area contributed by atoms with Crippen molar-refractivity contribution in [1.29, 1.82) is 0 Å². The molecule has 5 heteroatoms. The first-order valence-electron chi connectivity index (χ1n) is 11.7. The summed E-state index contributed by atoms with van der Waals surface area (Å²) in [6.45, 7) is 5.05. The van der Waals surface area contributed by atoms with Crippen molar-refractivity contribution in [3.63, 3.8) is 0 Å². The first kappa shape index (κ1) is 21.7. The number of rotatable bonds is 5. The maximum atomic E-state index is 13.0. The molecule has 2 aromatic carbocycles. The van der Waals surface area contributed by atoms with Crippen molar-refractivity contribution < 1.29 is 15.0 Å². The summed E-state index contributed by atoms with van der Waals surface area (Å²) >= 11 is 0. The fourth-order valence-electron chi connectivity index (χ4n) is 5.01. The van der Waals surface area contributed by atoms with Crippen LogP contribution in [0.15, 0.2) is 48.5 Å². The first-order valence-corrected chi connectivity index (χ1v) is 11.7. The molecule has 2 aliphatic rings. The van der Waals surface area contributed by atoms with Gasteiger partial charge in [0, 0.05) is 19.0 Å². The number of hydrogen-bond donors (Lipinski definition) is 2. The highest BCUT2D eigenvalue weighted by atomic mass is 16.3. The normalized spacial score (nSPS) is 18.0. The lowest BCUT2D eigenvalue weighted by atomic mass is 9.88. The van der Waals surface area contributed by atoms with Gasteiger partial charge in [-0.25, -0.2) is 4.98 Å². The van der Waals surface area contributed by atoms with Crippen molar-refractivity contribution in [2.75, 3.05) is 13.1 Å². The molecule has 0 radical (unpaired) electrons. The van der Waals surface area contributed by atoms with Crippen LogP contribution in [0.1, 0.15) is 69.5 Å². The molecule has 170 valence electrons. The molecule has 5 nitrogen and oxygen atoms in total. The number of nitrogens with zero attached hydrogens (tertiary/aromatic N) is 2. The molecule has 1 amide bonds. The highest BCUT2D eigenvalue weighted by Crippen LogP contribution is 2.45. The van der Waals surface area contributed by atoms with E-state index in [0.29, 0.717) is 30.4 Å². The molecule has 1 aliphatic heterocycles. The van der Waals surface area contributed by atoms with Crippen LogP contribution in [0.3, 0.4) is 0 Å². The number of pyridine rings is 1. The summed E-state index contributed by atoms with van der Waals surface area (Å²) in [6, 6.07) is 16.2. The number of carbonyl (C=O) groups excluding carboxylic acids is 1. The van der Waals surface area contributed by atoms with E-state index in [-0.39, 0.29) is 24.2 Å². The van der Waals surface area contributed by atoms with Crippen molar-refractivity contribution in [2.45, 2.75) is 51.6 Å². The second-order valence-corrected chi connectivity index (χ2v) is 9.47. The van der Waals surface area contributed by atoms with Crippen LogP contribution >= 0.6 is 0 Å². The van der Waals surface area contributed by atoms with Gasteiger partial charge in [-0.15, -0.1) is 0 Å². The Balaban J connectivity index is 1.39. The average molecular weight is 443 g/mol. The summed E-state index contributed by atoms with van der Waals surface area (Å²) in [5, 5.41) is 19.9. The molecule has 1 aromatic heterocycles. The van der Waals surface area contributed by atoms with Gasteiger partial charge in [0.2, 0.25) is 0 Å². The largest absolute Gasteiger partial charge is 0.506 e. The van der Waals surface area contributed by atoms with Crippen LogP contribution in [0.25, 0.3) is 11.1 Å². The number of likely N-dealkylation sites (tertiary alicyclic amines) is 1. The molecule has 3 aromatic rings. The van der Waals surface area contributed by atoms with Gasteiger partial charge in [-0.3, -0.25) is 4.79 Å². The van der Waals surface area contributed by atoms with Crippen LogP contribution < -0.4 is 0 Å². The van der Waals surface area contributed by atoms with Crippen molar-refractivity contribution in [2.24, 2.45) is 0 Å². The lowest BCUT2D eigenvalue weighted by Crippen LogP contribution is -2.29. The monoisotopic (exact) mass is 442 g/mol. The number of aryl methyl sites for hydroxylation is 2. The number of aliphatic hydroxyl groups excluding tert-OH is 1. The third-order valence-electron chi connectivity index (χ3n) is 7.04. The fraction of sp³-hybridized carbons (Fsp3) is 0.357. The van der Waals surface area contributed by atoms with Crippen LogP contribution in [-0.2, 0) is 6.61 Å². The van der Waals surface area contributed by atoms with Gasteiger partial charge in [0.15, 0.2) is 0 Å². The molecule has 1 saturated carbocycles. The summed E-state index contributed by atoms with van der Waals surface area (Å²) < 4.78 is 0. The number of benzene rings is 2. The summed E-state index contributed by atoms with van der Waals surface area (Å²) in [4.78, 5) is 19.0. The lowest BCUT2D eigenvalue weighted by molar-refractivity contribution is 0.0784. The van der Waals surface area contributed by atoms with Gasteiger partial charge in [0.05, 0.1) is 12.3 Å². The van der Waals surface area contributed by atoms with Gasteiger partial charge in [-0.1, -0.05) is 35.9 Å². The zero-order valence-electron chi connectivity index (χ0n) is 19.2. The Morgan fingerprint density at radius 3 is 2.52 bits per heavy atom. The summed E-state index contributed by atoms with van der Waals surface area (Å²) in [5.41, 5.74) is 7.95. The van der Waals surface area contributed by atoms with Crippen LogP contribution in [0.5, 0.6) is 5.75 Å². The average Bonchev–Trinajstić information content (AvgIpc) is 3.55. The Hall–Kier alpha value is -3.18. The van der Waals surface area contributed by atoms with Gasteiger partial charge in [-0.05, 0) is 85.0 Å². The molecule has 2 heterocycles. The SMILES string of the molecule is Cc1ccc(C2CC2)c(-c2ccc(C3CCN(C(=O)c4ccc(O)c(C)n4)C3)c(CO)c2)c1. The minimum atomic E-state index is -0.114. The summed E-state index contributed by atoms with van der Waals surface area (Å²) in [6.07, 6.45) is 3.36. The lowest BCUT2D eigenvalue weighted by Gasteiger charge is -2.19. The van der Waals surface area contributed by atoms with Crippen molar-refractivity contribution in [3.8, 4) is 16.9 Å². The number of aliphatic hydroxyl groups is 1. The highest BCUT2D eigenvalue weighted by Gasteiger charge is 2.31. The van der Waals surface area contributed by atoms with Crippen LogP contribution in [0.2, 0.25) is 0 Å². The zero-order chi connectivity index (χ0) is 23.1. The van der Waals surface area contributed by atoms with Crippen LogP contribution in [-0.4, -0.2) is 39.1 Å². The Bertz CT molecular complexity index is 1220. The molecule has 0 bridgehead atoms. The van der Waals surface area contributed by atoms with Crippen molar-refractivity contribution in [1.82, 2.24) is 9.88 Å². The van der Waals surface area contributed by atoms with E-state index >= 15 is 0 Å². The Morgan fingerprint density at radius 2 is 1.79 bits per heavy atom. The van der Waals surface area contributed by atoms with E-state index in [9.17, 15) is 15.0 Å². The fourth-order valence-corrected chi connectivity index (χ4v) is 5.01. The van der Waals surface area contributed by atoms with Crippen LogP contribution in [0, 0.1) is 13.8 Å². The van der Waals surface area contributed by atoms with Gasteiger partial charge in [-0.2, -0.15) is 0 Å². The first-order chi connectivity index (χ1) is 15.9. The smallest absolute Gasteiger partial charge is 0.272 e. The van der Waals surface area contributed by atoms with E-state index in [1.165, 1.54) is 35.6 Å². The van der Waals surface area contributed by atoms with E-state index in [1.807, 2.05) is 4.90 Å². The third-order valence-corrected chi connectivity index (χ3v) is 7.04. The molecule has 0 spiro atoms. The van der Waals surface area contributed by atoms with Gasteiger partial charge >= 0.3 is 0 Å². The number of hydrogen-bond acceptors (Lipinski definition) is 4. The molecular weight excluding hydrogens is 412 g/mol. The molecule has 1 aliphatic carbocycles. The van der Waals surface area contributed by atoms with Crippen molar-refractivity contribution in [3.05, 3.63) is 82.2 Å². The van der Waals surface area contributed by atoms with E-state index in [2.05, 4.69) is 48.3 Å². The number of amides is 1. The molecule has 1 saturated heterocycles. The number of aromatic nitrogens is 1. The molecule has 1 atom stereocenters. The van der Waals surface area contributed by atoms with E-state index in [4.69, 9.17) is 0 Å². The third kappa shape index (κ3) is 4.25. The second kappa shape index (κ2) is 8.64. The van der Waals surface area contributed by atoms with Gasteiger partial charge in [0.1, 0.15) is 11.4 Å². The second-order valence-electron chi connectivity index (χ2n) is 9.47. The van der Waals surface area contributed by atoms with Gasteiger partial charge < -0.3 is 15.1 Å². The van der Waals surface area contributed by atoms with Crippen LogP contribution in [0.4, 0.5) is 0 Å². The highest BCUT2D eigenvalue weighted by molar-refractivity contribution is 5.92. The molecular formula is C28H30N2O3. The molecule has 2 N–H and O–H groups in total. The zero-order valence-corrected chi connectivity index (χ0v) is 19.2. The van der Waals surface area contributed by atoms with Gasteiger partial charge in [0.25, 0.3) is 5.91 Å². The Labute approximate surface area is 194 Å². The Kier molecular flexibility index (Phi) is 5.67.